The molecule has 0 heterocycles. The van der Waals surface area contributed by atoms with Gasteiger partial charge in [-0.25, -0.2) is 0 Å². The number of benzene rings is 11. The smallest absolute Gasteiger partial charge is 0.0210 e. The Bertz CT molecular complexity index is 3450. The van der Waals surface area contributed by atoms with Gasteiger partial charge >= 0.3 is 0 Å². The lowest BCUT2D eigenvalue weighted by molar-refractivity contribution is 0.491. The van der Waals surface area contributed by atoms with Crippen molar-refractivity contribution in [2.45, 2.75) is 32.1 Å². The van der Waals surface area contributed by atoms with E-state index in [2.05, 4.69) is 208 Å². The minimum atomic E-state index is -0.176. The van der Waals surface area contributed by atoms with Crippen LogP contribution in [0.25, 0.3) is 109 Å². The summed E-state index contributed by atoms with van der Waals surface area (Å²) in [6.45, 7) is 4.83. The fraction of sp³-hybridized carbons (Fsp3) is 0.0847. The maximum atomic E-state index is 2.63. The second-order valence-corrected chi connectivity index (χ2v) is 16.5. The highest BCUT2D eigenvalue weighted by Gasteiger charge is 2.43. The van der Waals surface area contributed by atoms with Crippen molar-refractivity contribution in [2.75, 3.05) is 0 Å². The molecule has 0 N–H and O–H groups in total. The Hall–Kier alpha value is -7.02. The van der Waals surface area contributed by atoms with Crippen LogP contribution in [0, 0.1) is 0 Å². The zero-order valence-electron chi connectivity index (χ0n) is 33.4. The average Bonchev–Trinajstić information content (AvgIpc) is 3.60. The van der Waals surface area contributed by atoms with Crippen LogP contribution in [0.4, 0.5) is 0 Å². The minimum Gasteiger partial charge on any atom is -0.0642 e. The molecule has 0 aliphatic heterocycles. The monoisotopic (exact) mass is 750 g/mol. The summed E-state index contributed by atoms with van der Waals surface area (Å²) in [5.74, 6) is 0. The SMILES string of the molecule is CCC1(CC)c2cc(-c3c4ccccc4c(-c4ccccc4)c4ccccc34)c3ccccc3c2-c2c1cc(-c1cc3ccccc3c3ccccc13)c1ccccc21. The van der Waals surface area contributed by atoms with E-state index in [1.54, 1.807) is 0 Å². The van der Waals surface area contributed by atoms with Crippen molar-refractivity contribution in [2.24, 2.45) is 0 Å². The van der Waals surface area contributed by atoms with Gasteiger partial charge in [-0.1, -0.05) is 190 Å². The first-order chi connectivity index (χ1) is 29.2. The summed E-state index contributed by atoms with van der Waals surface area (Å²) < 4.78 is 0. The quantitative estimate of drug-likeness (QED) is 0.121. The van der Waals surface area contributed by atoms with Crippen molar-refractivity contribution < 1.29 is 0 Å². The summed E-state index contributed by atoms with van der Waals surface area (Å²) in [6.07, 6.45) is 2.01. The normalized spacial score (nSPS) is 13.2. The first kappa shape index (κ1) is 34.1. The van der Waals surface area contributed by atoms with Crippen LogP contribution in [0.15, 0.2) is 194 Å². The van der Waals surface area contributed by atoms with Gasteiger partial charge in [0.2, 0.25) is 0 Å². The van der Waals surface area contributed by atoms with Crippen LogP contribution >= 0.6 is 0 Å². The molecular weight excluding hydrogens is 709 g/mol. The molecular formula is C59H42. The van der Waals surface area contributed by atoms with Crippen molar-refractivity contribution in [3.05, 3.63) is 205 Å². The Balaban J connectivity index is 1.21. The molecule has 59 heavy (non-hydrogen) atoms. The first-order valence-corrected chi connectivity index (χ1v) is 21.2. The molecule has 1 aliphatic carbocycles. The third-order valence-corrected chi connectivity index (χ3v) is 13.9. The van der Waals surface area contributed by atoms with Gasteiger partial charge in [-0.15, -0.1) is 0 Å². The van der Waals surface area contributed by atoms with E-state index in [1.807, 2.05) is 0 Å². The van der Waals surface area contributed by atoms with E-state index in [0.717, 1.165) is 12.8 Å². The predicted octanol–water partition coefficient (Wildman–Crippen LogP) is 16.7. The van der Waals surface area contributed by atoms with Crippen molar-refractivity contribution in [3.63, 3.8) is 0 Å². The van der Waals surface area contributed by atoms with Crippen LogP contribution in [0.1, 0.15) is 37.8 Å². The molecule has 0 nitrogen and oxygen atoms in total. The van der Waals surface area contributed by atoms with Crippen molar-refractivity contribution in [3.8, 4) is 44.5 Å². The Labute approximate surface area is 345 Å². The highest BCUT2D eigenvalue weighted by atomic mass is 14.5. The van der Waals surface area contributed by atoms with Crippen molar-refractivity contribution >= 4 is 64.6 Å². The first-order valence-electron chi connectivity index (χ1n) is 21.2. The van der Waals surface area contributed by atoms with Gasteiger partial charge in [0.25, 0.3) is 0 Å². The lowest BCUT2D eigenvalue weighted by Gasteiger charge is -2.31. The molecule has 278 valence electrons. The van der Waals surface area contributed by atoms with E-state index in [1.165, 1.54) is 120 Å². The second-order valence-electron chi connectivity index (χ2n) is 16.5. The number of hydrogen-bond acceptors (Lipinski definition) is 0. The lowest BCUT2D eigenvalue weighted by atomic mass is 9.72. The standard InChI is InChI=1S/C59H42/c1-3-59(4-2)53-35-51(50-34-38-22-8-9-23-39(38)40-24-10-11-25-41(40)50)42-26-12-14-28-44(42)57(53)58-45-29-15-13-27-43(45)52(36-54(58)59)56-48-32-18-16-30-46(48)55(37-20-6-5-7-21-37)47-31-17-19-33-49(47)56/h5-36H,3-4H2,1-2H3. The summed E-state index contributed by atoms with van der Waals surface area (Å²) in [5.41, 5.74) is 13.4. The summed E-state index contributed by atoms with van der Waals surface area (Å²) in [5, 5.41) is 15.6. The van der Waals surface area contributed by atoms with E-state index in [4.69, 9.17) is 0 Å². The van der Waals surface area contributed by atoms with Crippen molar-refractivity contribution in [1.29, 1.82) is 0 Å². The average molecular weight is 751 g/mol. The third-order valence-electron chi connectivity index (χ3n) is 13.9. The summed E-state index contributed by atoms with van der Waals surface area (Å²) in [7, 11) is 0. The molecule has 11 aromatic carbocycles. The van der Waals surface area contributed by atoms with Crippen LogP contribution in [-0.2, 0) is 5.41 Å². The number of hydrogen-bond donors (Lipinski definition) is 0. The van der Waals surface area contributed by atoms with E-state index >= 15 is 0 Å². The Morgan fingerprint density at radius 2 is 0.644 bits per heavy atom. The lowest BCUT2D eigenvalue weighted by Crippen LogP contribution is -2.23. The van der Waals surface area contributed by atoms with E-state index < -0.39 is 0 Å². The molecule has 11 aromatic rings. The van der Waals surface area contributed by atoms with Crippen LogP contribution in [0.5, 0.6) is 0 Å². The molecule has 0 fully saturated rings. The van der Waals surface area contributed by atoms with Gasteiger partial charge < -0.3 is 0 Å². The maximum absolute atomic E-state index is 2.63. The molecule has 12 rings (SSSR count). The van der Waals surface area contributed by atoms with E-state index in [0.29, 0.717) is 0 Å². The highest BCUT2D eigenvalue weighted by molar-refractivity contribution is 6.26. The number of fused-ring (bicyclic) bond motifs is 12. The Morgan fingerprint density at radius 1 is 0.288 bits per heavy atom. The van der Waals surface area contributed by atoms with Crippen LogP contribution < -0.4 is 0 Å². The molecule has 0 spiro atoms. The minimum absolute atomic E-state index is 0.176. The van der Waals surface area contributed by atoms with Crippen LogP contribution in [-0.4, -0.2) is 0 Å². The zero-order valence-corrected chi connectivity index (χ0v) is 33.4. The Kier molecular flexibility index (Phi) is 7.50. The molecule has 0 amide bonds. The largest absolute Gasteiger partial charge is 0.0642 e. The maximum Gasteiger partial charge on any atom is 0.0210 e. The molecule has 0 saturated heterocycles. The molecule has 0 atom stereocenters. The van der Waals surface area contributed by atoms with Gasteiger partial charge in [0.1, 0.15) is 0 Å². The summed E-state index contributed by atoms with van der Waals surface area (Å²) in [4.78, 5) is 0. The molecule has 0 radical (unpaired) electrons. The zero-order chi connectivity index (χ0) is 39.2. The van der Waals surface area contributed by atoms with Gasteiger partial charge in [-0.3, -0.25) is 0 Å². The van der Waals surface area contributed by atoms with Crippen LogP contribution in [0.2, 0.25) is 0 Å². The van der Waals surface area contributed by atoms with Gasteiger partial charge in [0.15, 0.2) is 0 Å². The van der Waals surface area contributed by atoms with Crippen molar-refractivity contribution in [1.82, 2.24) is 0 Å². The predicted molar refractivity (Wildman–Crippen MR) is 255 cm³/mol. The van der Waals surface area contributed by atoms with Gasteiger partial charge in [-0.05, 0) is 151 Å². The molecule has 0 bridgehead atoms. The van der Waals surface area contributed by atoms with E-state index in [9.17, 15) is 0 Å². The second kappa shape index (κ2) is 13.0. The van der Waals surface area contributed by atoms with Gasteiger partial charge in [0.05, 0.1) is 0 Å². The molecule has 0 saturated carbocycles. The highest BCUT2D eigenvalue weighted by Crippen LogP contribution is 2.60. The molecule has 0 aromatic heterocycles. The fourth-order valence-corrected chi connectivity index (χ4v) is 11.2. The third kappa shape index (κ3) is 4.72. The van der Waals surface area contributed by atoms with Gasteiger partial charge in [0, 0.05) is 5.41 Å². The molecule has 0 unspecified atom stereocenters. The fourth-order valence-electron chi connectivity index (χ4n) is 11.2. The number of rotatable bonds is 5. The topological polar surface area (TPSA) is 0 Å². The molecule has 1 aliphatic rings. The van der Waals surface area contributed by atoms with Gasteiger partial charge in [-0.2, -0.15) is 0 Å². The molecule has 0 heteroatoms. The van der Waals surface area contributed by atoms with E-state index in [-0.39, 0.29) is 5.41 Å². The Morgan fingerprint density at radius 3 is 1.17 bits per heavy atom. The summed E-state index contributed by atoms with van der Waals surface area (Å²) in [6, 6.07) is 73.1. The summed E-state index contributed by atoms with van der Waals surface area (Å²) >= 11 is 0. The van der Waals surface area contributed by atoms with Crippen LogP contribution in [0.3, 0.4) is 0 Å².